The molecule has 0 aromatic carbocycles. The fourth-order valence-electron chi connectivity index (χ4n) is 1.88. The number of amides is 2. The molecule has 0 spiro atoms. The first-order valence-corrected chi connectivity index (χ1v) is 7.18. The van der Waals surface area contributed by atoms with E-state index in [1.165, 1.54) is 4.90 Å². The minimum atomic E-state index is -0.297. The number of rotatable bonds is 9. The van der Waals surface area contributed by atoms with Gasteiger partial charge in [0.15, 0.2) is 5.82 Å². The van der Waals surface area contributed by atoms with E-state index >= 15 is 0 Å². The summed E-state index contributed by atoms with van der Waals surface area (Å²) in [7, 11) is 0. The molecule has 1 rings (SSSR count). The number of aromatic nitrogens is 1. The molecule has 0 aliphatic heterocycles. The van der Waals surface area contributed by atoms with E-state index in [0.29, 0.717) is 24.5 Å². The molecule has 0 saturated heterocycles. The second kappa shape index (κ2) is 8.94. The summed E-state index contributed by atoms with van der Waals surface area (Å²) in [5, 5.41) is 6.29. The van der Waals surface area contributed by atoms with Crippen LogP contribution in [0.2, 0.25) is 0 Å². The summed E-state index contributed by atoms with van der Waals surface area (Å²) in [6.45, 7) is 7.79. The molecular weight excluding hydrogens is 270 g/mol. The topological polar surface area (TPSA) is 75.4 Å². The number of nitrogens with one attached hydrogen (secondary N) is 1. The first-order chi connectivity index (χ1) is 10.1. The van der Waals surface area contributed by atoms with Crippen LogP contribution in [0.25, 0.3) is 0 Å². The van der Waals surface area contributed by atoms with Gasteiger partial charge in [0.25, 0.3) is 0 Å². The zero-order valence-electron chi connectivity index (χ0n) is 12.7. The molecule has 1 aromatic rings. The summed E-state index contributed by atoms with van der Waals surface area (Å²) < 4.78 is 4.87. The van der Waals surface area contributed by atoms with Crippen LogP contribution in [0.1, 0.15) is 38.4 Å². The summed E-state index contributed by atoms with van der Waals surface area (Å²) >= 11 is 0. The normalized spacial score (nSPS) is 10.2. The lowest BCUT2D eigenvalue weighted by molar-refractivity contribution is -0.134. The largest absolute Gasteiger partial charge is 0.360 e. The van der Waals surface area contributed by atoms with Crippen LogP contribution in [0.3, 0.4) is 0 Å². The fourth-order valence-corrected chi connectivity index (χ4v) is 1.88. The Balaban J connectivity index is 2.50. The average molecular weight is 293 g/mol. The lowest BCUT2D eigenvalue weighted by atomic mass is 10.2. The Morgan fingerprint density at radius 2 is 2.24 bits per heavy atom. The van der Waals surface area contributed by atoms with Crippen molar-refractivity contribution in [1.82, 2.24) is 10.1 Å². The first-order valence-electron chi connectivity index (χ1n) is 7.18. The Kier molecular flexibility index (Phi) is 7.21. The van der Waals surface area contributed by atoms with Gasteiger partial charge in [0.05, 0.1) is 0 Å². The maximum atomic E-state index is 12.1. The third kappa shape index (κ3) is 6.25. The molecule has 116 valence electrons. The molecule has 0 atom stereocenters. The highest BCUT2D eigenvalue weighted by molar-refractivity contribution is 5.93. The SMILES string of the molecule is C=CCN(CC(=O)Nc1cc(C)on1)C(=O)CCCCC. The number of carbonyl (C=O) groups is 2. The third-order valence-electron chi connectivity index (χ3n) is 2.93. The standard InChI is InChI=1S/C15H23N3O3/c1-4-6-7-8-15(20)18(9-5-2)11-14(19)16-13-10-12(3)21-17-13/h5,10H,2,4,6-9,11H2,1,3H3,(H,16,17,19). The van der Waals surface area contributed by atoms with E-state index in [0.717, 1.165) is 19.3 Å². The lowest BCUT2D eigenvalue weighted by Gasteiger charge is -2.20. The lowest BCUT2D eigenvalue weighted by Crippen LogP contribution is -2.38. The number of hydrogen-bond donors (Lipinski definition) is 1. The molecule has 6 heteroatoms. The summed E-state index contributed by atoms with van der Waals surface area (Å²) in [4.78, 5) is 25.5. The van der Waals surface area contributed by atoms with E-state index in [1.807, 2.05) is 0 Å². The number of hydrogen-bond acceptors (Lipinski definition) is 4. The summed E-state index contributed by atoms with van der Waals surface area (Å²) in [6, 6.07) is 1.62. The monoisotopic (exact) mass is 293 g/mol. The van der Waals surface area contributed by atoms with E-state index < -0.39 is 0 Å². The van der Waals surface area contributed by atoms with Crippen LogP contribution < -0.4 is 5.32 Å². The molecule has 21 heavy (non-hydrogen) atoms. The molecule has 2 amide bonds. The highest BCUT2D eigenvalue weighted by Crippen LogP contribution is 2.08. The van der Waals surface area contributed by atoms with Crippen molar-refractivity contribution in [2.45, 2.75) is 39.5 Å². The van der Waals surface area contributed by atoms with Gasteiger partial charge in [-0.2, -0.15) is 0 Å². The second-order valence-electron chi connectivity index (χ2n) is 4.89. The number of aryl methyl sites for hydroxylation is 1. The van der Waals surface area contributed by atoms with Crippen molar-refractivity contribution in [2.75, 3.05) is 18.4 Å². The van der Waals surface area contributed by atoms with E-state index in [1.54, 1.807) is 19.1 Å². The van der Waals surface area contributed by atoms with Crippen molar-refractivity contribution in [3.8, 4) is 0 Å². The highest BCUT2D eigenvalue weighted by atomic mass is 16.5. The Bertz CT molecular complexity index is 482. The molecule has 1 aromatic heterocycles. The first kappa shape index (κ1) is 16.9. The van der Waals surface area contributed by atoms with Gasteiger partial charge in [0, 0.05) is 19.0 Å². The molecular formula is C15H23N3O3. The number of carbonyl (C=O) groups excluding carboxylic acids is 2. The van der Waals surface area contributed by atoms with E-state index in [2.05, 4.69) is 24.0 Å². The van der Waals surface area contributed by atoms with Crippen LogP contribution in [0.4, 0.5) is 5.82 Å². The molecule has 0 unspecified atom stereocenters. The van der Waals surface area contributed by atoms with Gasteiger partial charge in [0.1, 0.15) is 12.3 Å². The van der Waals surface area contributed by atoms with Crippen LogP contribution >= 0.6 is 0 Å². The quantitative estimate of drug-likeness (QED) is 0.560. The van der Waals surface area contributed by atoms with E-state index in [-0.39, 0.29) is 18.4 Å². The molecule has 1 heterocycles. The van der Waals surface area contributed by atoms with Gasteiger partial charge >= 0.3 is 0 Å². The van der Waals surface area contributed by atoms with E-state index in [9.17, 15) is 9.59 Å². The van der Waals surface area contributed by atoms with Crippen molar-refractivity contribution in [3.63, 3.8) is 0 Å². The van der Waals surface area contributed by atoms with Gasteiger partial charge in [-0.1, -0.05) is 31.0 Å². The summed E-state index contributed by atoms with van der Waals surface area (Å²) in [5.74, 6) is 0.641. The second-order valence-corrected chi connectivity index (χ2v) is 4.89. The predicted octanol–water partition coefficient (Wildman–Crippen LogP) is 2.52. The van der Waals surface area contributed by atoms with Crippen LogP contribution in [-0.2, 0) is 9.59 Å². The average Bonchev–Trinajstić information content (AvgIpc) is 2.83. The van der Waals surface area contributed by atoms with Gasteiger partial charge in [-0.25, -0.2) is 0 Å². The maximum absolute atomic E-state index is 12.1. The molecule has 0 aliphatic rings. The molecule has 6 nitrogen and oxygen atoms in total. The number of anilines is 1. The van der Waals surface area contributed by atoms with Gasteiger partial charge in [0.2, 0.25) is 11.8 Å². The van der Waals surface area contributed by atoms with Crippen LogP contribution in [0.5, 0.6) is 0 Å². The Morgan fingerprint density at radius 3 is 2.81 bits per heavy atom. The highest BCUT2D eigenvalue weighted by Gasteiger charge is 2.16. The smallest absolute Gasteiger partial charge is 0.245 e. The van der Waals surface area contributed by atoms with Crippen molar-refractivity contribution < 1.29 is 14.1 Å². The number of unbranched alkanes of at least 4 members (excludes halogenated alkanes) is 2. The molecule has 0 saturated carbocycles. The van der Waals surface area contributed by atoms with Crippen LogP contribution in [-0.4, -0.2) is 35.0 Å². The van der Waals surface area contributed by atoms with Crippen LogP contribution in [0, 0.1) is 6.92 Å². The summed E-state index contributed by atoms with van der Waals surface area (Å²) in [5.41, 5.74) is 0. The van der Waals surface area contributed by atoms with Crippen molar-refractivity contribution in [3.05, 3.63) is 24.5 Å². The molecule has 0 aliphatic carbocycles. The molecule has 0 bridgehead atoms. The van der Waals surface area contributed by atoms with Gasteiger partial charge in [-0.05, 0) is 13.3 Å². The van der Waals surface area contributed by atoms with E-state index in [4.69, 9.17) is 4.52 Å². The molecule has 0 fully saturated rings. The van der Waals surface area contributed by atoms with Crippen molar-refractivity contribution in [2.24, 2.45) is 0 Å². The van der Waals surface area contributed by atoms with Crippen molar-refractivity contribution in [1.29, 1.82) is 0 Å². The zero-order chi connectivity index (χ0) is 15.7. The minimum absolute atomic E-state index is 0.0110. The molecule has 0 radical (unpaired) electrons. The Morgan fingerprint density at radius 1 is 1.48 bits per heavy atom. The predicted molar refractivity (Wildman–Crippen MR) is 80.8 cm³/mol. The number of nitrogens with zero attached hydrogens (tertiary/aromatic N) is 2. The van der Waals surface area contributed by atoms with Crippen molar-refractivity contribution >= 4 is 17.6 Å². The minimum Gasteiger partial charge on any atom is -0.360 e. The Labute approximate surface area is 125 Å². The fraction of sp³-hybridized carbons (Fsp3) is 0.533. The summed E-state index contributed by atoms with van der Waals surface area (Å²) in [6.07, 6.45) is 4.98. The van der Waals surface area contributed by atoms with Crippen LogP contribution in [0.15, 0.2) is 23.2 Å². The molecule has 1 N–H and O–H groups in total. The van der Waals surface area contributed by atoms with Gasteiger partial charge in [-0.15, -0.1) is 6.58 Å². The Hall–Kier alpha value is -2.11. The third-order valence-corrected chi connectivity index (χ3v) is 2.93. The zero-order valence-corrected chi connectivity index (χ0v) is 12.7. The maximum Gasteiger partial charge on any atom is 0.245 e. The van der Waals surface area contributed by atoms with Gasteiger partial charge < -0.3 is 14.7 Å². The van der Waals surface area contributed by atoms with Gasteiger partial charge in [-0.3, -0.25) is 9.59 Å².